The normalized spacial score (nSPS) is 15.1. The van der Waals surface area contributed by atoms with E-state index in [-0.39, 0.29) is 11.7 Å². The van der Waals surface area contributed by atoms with Gasteiger partial charge in [0.15, 0.2) is 0 Å². The topological polar surface area (TPSA) is 58.4 Å². The minimum atomic E-state index is -2.91. The fraction of sp³-hybridized carbons (Fsp3) is 0.333. The van der Waals surface area contributed by atoms with Crippen LogP contribution in [-0.2, 0) is 4.79 Å². The first-order valence-corrected chi connectivity index (χ1v) is 9.61. The highest BCUT2D eigenvalue weighted by Gasteiger charge is 2.20. The van der Waals surface area contributed by atoms with Crippen LogP contribution >= 0.6 is 0 Å². The minimum absolute atomic E-state index is 0.0150. The van der Waals surface area contributed by atoms with E-state index in [9.17, 15) is 13.6 Å². The van der Waals surface area contributed by atoms with E-state index in [1.807, 2.05) is 18.2 Å². The molecule has 6 nitrogen and oxygen atoms in total. The lowest BCUT2D eigenvalue weighted by Gasteiger charge is -2.33. The number of hydrogen-bond donors (Lipinski definition) is 2. The number of para-hydroxylation sites is 2. The molecule has 1 amide bonds. The fourth-order valence-electron chi connectivity index (χ4n) is 3.28. The lowest BCUT2D eigenvalue weighted by atomic mass is 10.2. The zero-order valence-electron chi connectivity index (χ0n) is 16.1. The maximum Gasteiger partial charge on any atom is 0.387 e. The van der Waals surface area contributed by atoms with Gasteiger partial charge in [-0.25, -0.2) is 5.43 Å². The van der Waals surface area contributed by atoms with Gasteiger partial charge in [0, 0.05) is 11.3 Å². The van der Waals surface area contributed by atoms with Crippen LogP contribution in [0.25, 0.3) is 0 Å². The summed E-state index contributed by atoms with van der Waals surface area (Å²) in [5.74, 6) is -0.187. The van der Waals surface area contributed by atoms with Crippen LogP contribution in [0.1, 0.15) is 12.0 Å². The predicted octanol–water partition coefficient (Wildman–Crippen LogP) is 1.53. The Morgan fingerprint density at radius 1 is 1.14 bits per heavy atom. The smallest absolute Gasteiger partial charge is 0.387 e. The van der Waals surface area contributed by atoms with Crippen molar-refractivity contribution in [3.63, 3.8) is 0 Å². The third-order valence-corrected chi connectivity index (χ3v) is 4.83. The van der Waals surface area contributed by atoms with E-state index in [2.05, 4.69) is 32.3 Å². The molecule has 1 aliphatic heterocycles. The average molecular weight is 403 g/mol. The molecular formula is C21H25F2N4O2+. The molecule has 0 radical (unpaired) electrons. The van der Waals surface area contributed by atoms with Crippen molar-refractivity contribution < 1.29 is 23.2 Å². The first kappa shape index (κ1) is 20.7. The molecular weight excluding hydrogens is 378 g/mol. The number of ether oxygens (including phenoxy) is 1. The van der Waals surface area contributed by atoms with Crippen molar-refractivity contribution in [3.05, 3.63) is 60.2 Å². The van der Waals surface area contributed by atoms with Gasteiger partial charge in [0.25, 0.3) is 0 Å². The summed E-state index contributed by atoms with van der Waals surface area (Å²) in [5, 5.41) is 3.86. The Kier molecular flexibility index (Phi) is 7.52. The molecule has 1 fully saturated rings. The number of amides is 1. The van der Waals surface area contributed by atoms with Crippen molar-refractivity contribution in [2.45, 2.75) is 13.0 Å². The van der Waals surface area contributed by atoms with Crippen LogP contribution in [0, 0.1) is 0 Å². The van der Waals surface area contributed by atoms with E-state index >= 15 is 0 Å². The summed E-state index contributed by atoms with van der Waals surface area (Å²) in [6, 6.07) is 16.6. The molecule has 8 heteroatoms. The third kappa shape index (κ3) is 6.53. The van der Waals surface area contributed by atoms with E-state index in [1.165, 1.54) is 22.9 Å². The number of anilines is 1. The van der Waals surface area contributed by atoms with Gasteiger partial charge in [-0.15, -0.1) is 0 Å². The summed E-state index contributed by atoms with van der Waals surface area (Å²) in [4.78, 5) is 15.8. The highest BCUT2D eigenvalue weighted by molar-refractivity contribution is 5.85. The second kappa shape index (κ2) is 10.5. The second-order valence-corrected chi connectivity index (χ2v) is 6.78. The number of alkyl halides is 2. The molecule has 2 aromatic rings. The number of carbonyl (C=O) groups is 1. The lowest BCUT2D eigenvalue weighted by Crippen LogP contribution is -3.15. The largest absolute Gasteiger partial charge is 0.434 e. The summed E-state index contributed by atoms with van der Waals surface area (Å²) < 4.78 is 29.2. The summed E-state index contributed by atoms with van der Waals surface area (Å²) in [6.07, 6.45) is 1.66. The van der Waals surface area contributed by atoms with Crippen LogP contribution in [0.4, 0.5) is 14.5 Å². The van der Waals surface area contributed by atoms with Crippen LogP contribution in [-0.4, -0.2) is 51.5 Å². The third-order valence-electron chi connectivity index (χ3n) is 4.83. The van der Waals surface area contributed by atoms with Crippen LogP contribution in [0.2, 0.25) is 0 Å². The van der Waals surface area contributed by atoms with Gasteiger partial charge in [-0.3, -0.25) is 4.79 Å². The van der Waals surface area contributed by atoms with Crippen LogP contribution in [0.3, 0.4) is 0 Å². The van der Waals surface area contributed by atoms with Gasteiger partial charge in [-0.2, -0.15) is 13.9 Å². The number of carbonyl (C=O) groups excluding carboxylic acids is 1. The number of quaternary nitrogens is 1. The molecule has 3 rings (SSSR count). The standard InChI is InChI=1S/C21H24F2N4O2/c22-21(23)29-19-9-5-4-6-17(19)16-24-25-20(28)10-11-26-12-14-27(15-13-26)18-7-2-1-3-8-18/h1-9,16,21H,10-15H2,(H,25,28)/p+1/b24-16-. The molecule has 0 saturated carbocycles. The maximum atomic E-state index is 12.4. The summed E-state index contributed by atoms with van der Waals surface area (Å²) >= 11 is 0. The molecule has 0 spiro atoms. The number of nitrogens with one attached hydrogen (secondary N) is 2. The number of piperazine rings is 1. The van der Waals surface area contributed by atoms with Crippen molar-refractivity contribution in [2.24, 2.45) is 5.10 Å². The van der Waals surface area contributed by atoms with Gasteiger partial charge in [0.05, 0.1) is 45.4 Å². The van der Waals surface area contributed by atoms with Crippen molar-refractivity contribution in [2.75, 3.05) is 37.6 Å². The SMILES string of the molecule is O=C(CC[NH+]1CCN(c2ccccc2)CC1)N/N=C\c1ccccc1OC(F)F. The quantitative estimate of drug-likeness (QED) is 0.519. The van der Waals surface area contributed by atoms with E-state index in [0.717, 1.165) is 32.7 Å². The summed E-state index contributed by atoms with van der Waals surface area (Å²) in [6.45, 7) is 1.69. The monoisotopic (exact) mass is 403 g/mol. The first-order valence-electron chi connectivity index (χ1n) is 9.61. The molecule has 0 atom stereocenters. The fourth-order valence-corrected chi connectivity index (χ4v) is 3.28. The maximum absolute atomic E-state index is 12.4. The molecule has 0 aromatic heterocycles. The van der Waals surface area contributed by atoms with Gasteiger partial charge < -0.3 is 14.5 Å². The molecule has 0 bridgehead atoms. The van der Waals surface area contributed by atoms with E-state index in [4.69, 9.17) is 0 Å². The van der Waals surface area contributed by atoms with Crippen molar-refractivity contribution in [3.8, 4) is 5.75 Å². The van der Waals surface area contributed by atoms with E-state index in [1.54, 1.807) is 18.2 Å². The number of hydrazone groups is 1. The number of rotatable bonds is 8. The minimum Gasteiger partial charge on any atom is -0.434 e. The van der Waals surface area contributed by atoms with Gasteiger partial charge in [-0.1, -0.05) is 30.3 Å². The van der Waals surface area contributed by atoms with Crippen molar-refractivity contribution in [1.29, 1.82) is 0 Å². The molecule has 29 heavy (non-hydrogen) atoms. The highest BCUT2D eigenvalue weighted by Crippen LogP contribution is 2.18. The number of hydrogen-bond acceptors (Lipinski definition) is 4. The first-order chi connectivity index (χ1) is 14.1. The molecule has 1 saturated heterocycles. The summed E-state index contributed by atoms with van der Waals surface area (Å²) in [7, 11) is 0. The van der Waals surface area contributed by atoms with Crippen molar-refractivity contribution >= 4 is 17.8 Å². The van der Waals surface area contributed by atoms with Gasteiger partial charge in [0.2, 0.25) is 5.91 Å². The van der Waals surface area contributed by atoms with E-state index < -0.39 is 6.61 Å². The Morgan fingerprint density at radius 2 is 1.83 bits per heavy atom. The zero-order chi connectivity index (χ0) is 20.5. The predicted molar refractivity (Wildman–Crippen MR) is 108 cm³/mol. The Labute approximate surface area is 168 Å². The molecule has 0 aliphatic carbocycles. The highest BCUT2D eigenvalue weighted by atomic mass is 19.3. The Balaban J connectivity index is 1.39. The second-order valence-electron chi connectivity index (χ2n) is 6.78. The molecule has 0 unspecified atom stereocenters. The molecule has 154 valence electrons. The molecule has 1 aliphatic rings. The Morgan fingerprint density at radius 3 is 2.55 bits per heavy atom. The van der Waals surface area contributed by atoms with Crippen LogP contribution < -0.4 is 20.0 Å². The Bertz CT molecular complexity index is 809. The molecule has 2 N–H and O–H groups in total. The van der Waals surface area contributed by atoms with Crippen LogP contribution in [0.5, 0.6) is 5.75 Å². The van der Waals surface area contributed by atoms with Gasteiger partial charge in [0.1, 0.15) is 5.75 Å². The molecule has 2 aromatic carbocycles. The number of nitrogens with zero attached hydrogens (tertiary/aromatic N) is 2. The zero-order valence-corrected chi connectivity index (χ0v) is 16.1. The van der Waals surface area contributed by atoms with Crippen LogP contribution in [0.15, 0.2) is 59.7 Å². The number of halogens is 2. The molecule has 1 heterocycles. The number of benzene rings is 2. The summed E-state index contributed by atoms with van der Waals surface area (Å²) in [5.41, 5.74) is 4.05. The Hall–Kier alpha value is -3.00. The van der Waals surface area contributed by atoms with E-state index in [0.29, 0.717) is 12.0 Å². The van der Waals surface area contributed by atoms with Crippen molar-refractivity contribution in [1.82, 2.24) is 5.43 Å². The van der Waals surface area contributed by atoms with Gasteiger partial charge in [-0.05, 0) is 24.3 Å². The average Bonchev–Trinajstić information content (AvgIpc) is 2.74. The lowest BCUT2D eigenvalue weighted by molar-refractivity contribution is -0.900. The van der Waals surface area contributed by atoms with Gasteiger partial charge >= 0.3 is 6.61 Å².